The van der Waals surface area contributed by atoms with E-state index < -0.39 is 0 Å². The van der Waals surface area contributed by atoms with Crippen molar-refractivity contribution in [2.75, 3.05) is 14.1 Å². The average Bonchev–Trinajstić information content (AvgIpc) is 2.46. The Bertz CT molecular complexity index is 636. The van der Waals surface area contributed by atoms with Gasteiger partial charge in [0.1, 0.15) is 0 Å². The highest BCUT2D eigenvalue weighted by Gasteiger charge is 2.13. The van der Waals surface area contributed by atoms with E-state index in [1.165, 1.54) is 0 Å². The summed E-state index contributed by atoms with van der Waals surface area (Å²) in [6, 6.07) is 14.2. The number of carbonyl (C=O) groups excluding carboxylic acids is 1. The molecule has 0 unspecified atom stereocenters. The van der Waals surface area contributed by atoms with Crippen LogP contribution in [0.25, 0.3) is 0 Å². The molecule has 2 aromatic carbocycles. The summed E-state index contributed by atoms with van der Waals surface area (Å²) in [5.41, 5.74) is 1.73. The number of carbonyl (C=O) groups is 1. The van der Waals surface area contributed by atoms with Gasteiger partial charge < -0.3 is 4.90 Å². The zero-order chi connectivity index (χ0) is 14.5. The lowest BCUT2D eigenvalue weighted by atomic mass is 10.0. The van der Waals surface area contributed by atoms with Crippen LogP contribution in [0.5, 0.6) is 0 Å². The third-order valence-electron chi connectivity index (χ3n) is 2.67. The Hall–Kier alpha value is -2.13. The summed E-state index contributed by atoms with van der Waals surface area (Å²) in [5, 5.41) is 0.521. The highest BCUT2D eigenvalue weighted by Crippen LogP contribution is 2.25. The number of hydrogen-bond donors (Lipinski definition) is 0. The molecule has 0 radical (unpaired) electrons. The molecule has 3 nitrogen and oxygen atoms in total. The summed E-state index contributed by atoms with van der Waals surface area (Å²) < 4.78 is 0. The van der Waals surface area contributed by atoms with Gasteiger partial charge in [0.05, 0.1) is 12.0 Å². The number of aliphatic imine (C=N–C) groups is 1. The first kappa shape index (κ1) is 14.3. The Kier molecular flexibility index (Phi) is 4.53. The molecule has 0 aliphatic heterocycles. The van der Waals surface area contributed by atoms with Crippen LogP contribution in [0.3, 0.4) is 0 Å². The number of benzene rings is 2. The lowest BCUT2D eigenvalue weighted by Crippen LogP contribution is -2.08. The summed E-state index contributed by atoms with van der Waals surface area (Å²) in [6.07, 6.45) is 1.66. The Morgan fingerprint density at radius 1 is 1.15 bits per heavy atom. The summed E-state index contributed by atoms with van der Waals surface area (Å²) in [7, 11) is 3.75. The highest BCUT2D eigenvalue weighted by atomic mass is 35.5. The molecule has 0 spiro atoms. The minimum atomic E-state index is -0.0843. The van der Waals surface area contributed by atoms with Gasteiger partial charge in [-0.05, 0) is 18.2 Å². The van der Waals surface area contributed by atoms with Gasteiger partial charge in [0.25, 0.3) is 0 Å². The molecule has 0 aromatic heterocycles. The summed E-state index contributed by atoms with van der Waals surface area (Å²) in [4.78, 5) is 18.6. The monoisotopic (exact) mass is 286 g/mol. The van der Waals surface area contributed by atoms with Gasteiger partial charge >= 0.3 is 0 Å². The van der Waals surface area contributed by atoms with E-state index in [-0.39, 0.29) is 5.78 Å². The smallest absolute Gasteiger partial charge is 0.195 e. The molecule has 0 aliphatic rings. The van der Waals surface area contributed by atoms with Gasteiger partial charge in [0.2, 0.25) is 0 Å². The number of rotatable bonds is 4. The van der Waals surface area contributed by atoms with Crippen molar-refractivity contribution >= 4 is 29.4 Å². The third-order valence-corrected chi connectivity index (χ3v) is 2.90. The average molecular weight is 287 g/mol. The Morgan fingerprint density at radius 3 is 2.50 bits per heavy atom. The molecule has 0 fully saturated rings. The van der Waals surface area contributed by atoms with E-state index in [9.17, 15) is 4.79 Å². The van der Waals surface area contributed by atoms with Gasteiger partial charge in [0, 0.05) is 30.2 Å². The maximum absolute atomic E-state index is 12.5. The fraction of sp³-hybridized carbons (Fsp3) is 0.125. The minimum absolute atomic E-state index is 0.0843. The van der Waals surface area contributed by atoms with Crippen molar-refractivity contribution in [1.82, 2.24) is 4.90 Å². The standard InChI is InChI=1S/C16H15ClN2O/c1-19(2)11-18-15-9-8-13(17)10-14(15)16(20)12-6-4-3-5-7-12/h3-11H,1-2H3. The minimum Gasteiger partial charge on any atom is -0.369 e. The first-order valence-corrected chi connectivity index (χ1v) is 6.55. The van der Waals surface area contributed by atoms with E-state index >= 15 is 0 Å². The van der Waals surface area contributed by atoms with E-state index in [0.717, 1.165) is 0 Å². The molecular weight excluding hydrogens is 272 g/mol. The topological polar surface area (TPSA) is 32.7 Å². The second-order valence-electron chi connectivity index (χ2n) is 4.56. The summed E-state index contributed by atoms with van der Waals surface area (Å²) >= 11 is 6.00. The van der Waals surface area contributed by atoms with E-state index in [0.29, 0.717) is 21.8 Å². The molecule has 0 bridgehead atoms. The van der Waals surface area contributed by atoms with E-state index in [4.69, 9.17) is 11.6 Å². The molecule has 2 aromatic rings. The van der Waals surface area contributed by atoms with Crippen molar-refractivity contribution in [3.8, 4) is 0 Å². The summed E-state index contributed by atoms with van der Waals surface area (Å²) in [5.74, 6) is -0.0843. The van der Waals surface area contributed by atoms with Crippen LogP contribution in [0.1, 0.15) is 15.9 Å². The molecule has 0 heterocycles. The van der Waals surface area contributed by atoms with Gasteiger partial charge in [-0.2, -0.15) is 0 Å². The Morgan fingerprint density at radius 2 is 1.85 bits per heavy atom. The molecule has 2 rings (SSSR count). The molecular formula is C16H15ClN2O. The SMILES string of the molecule is CN(C)C=Nc1ccc(Cl)cc1C(=O)c1ccccc1. The molecule has 0 N–H and O–H groups in total. The van der Waals surface area contributed by atoms with E-state index in [1.807, 2.05) is 37.2 Å². The molecule has 0 atom stereocenters. The number of ketones is 1. The van der Waals surface area contributed by atoms with E-state index in [1.54, 1.807) is 36.7 Å². The second kappa shape index (κ2) is 6.35. The normalized spacial score (nSPS) is 10.8. The molecule has 4 heteroatoms. The zero-order valence-electron chi connectivity index (χ0n) is 11.4. The van der Waals surface area contributed by atoms with Gasteiger partial charge in [-0.1, -0.05) is 41.9 Å². The molecule has 0 aliphatic carbocycles. The first-order chi connectivity index (χ1) is 9.58. The molecule has 102 valence electrons. The van der Waals surface area contributed by atoms with Gasteiger partial charge in [-0.25, -0.2) is 4.99 Å². The van der Waals surface area contributed by atoms with Gasteiger partial charge in [0.15, 0.2) is 5.78 Å². The van der Waals surface area contributed by atoms with Crippen molar-refractivity contribution in [3.63, 3.8) is 0 Å². The van der Waals surface area contributed by atoms with Crippen LogP contribution in [-0.2, 0) is 0 Å². The number of halogens is 1. The van der Waals surface area contributed by atoms with Crippen LogP contribution >= 0.6 is 11.6 Å². The lowest BCUT2D eigenvalue weighted by molar-refractivity contribution is 0.103. The van der Waals surface area contributed by atoms with Crippen molar-refractivity contribution in [1.29, 1.82) is 0 Å². The Balaban J connectivity index is 2.44. The maximum atomic E-state index is 12.5. The molecule has 0 amide bonds. The molecule has 20 heavy (non-hydrogen) atoms. The molecule has 0 saturated carbocycles. The predicted octanol–water partition coefficient (Wildman–Crippen LogP) is 3.79. The third kappa shape index (κ3) is 3.45. The lowest BCUT2D eigenvalue weighted by Gasteiger charge is -2.07. The maximum Gasteiger partial charge on any atom is 0.195 e. The van der Waals surface area contributed by atoms with Gasteiger partial charge in [-0.15, -0.1) is 0 Å². The van der Waals surface area contributed by atoms with Crippen LogP contribution < -0.4 is 0 Å². The second-order valence-corrected chi connectivity index (χ2v) is 5.00. The fourth-order valence-electron chi connectivity index (χ4n) is 1.73. The van der Waals surface area contributed by atoms with Crippen molar-refractivity contribution < 1.29 is 4.79 Å². The number of hydrogen-bond acceptors (Lipinski definition) is 2. The zero-order valence-corrected chi connectivity index (χ0v) is 12.1. The van der Waals surface area contributed by atoms with Crippen LogP contribution in [0.4, 0.5) is 5.69 Å². The van der Waals surface area contributed by atoms with Crippen LogP contribution in [0, 0.1) is 0 Å². The van der Waals surface area contributed by atoms with Crippen LogP contribution in [0.2, 0.25) is 5.02 Å². The van der Waals surface area contributed by atoms with Crippen molar-refractivity contribution in [2.45, 2.75) is 0 Å². The number of nitrogens with zero attached hydrogens (tertiary/aromatic N) is 2. The first-order valence-electron chi connectivity index (χ1n) is 6.18. The van der Waals surface area contributed by atoms with E-state index in [2.05, 4.69) is 4.99 Å². The molecule has 0 saturated heterocycles. The van der Waals surface area contributed by atoms with Gasteiger partial charge in [-0.3, -0.25) is 4.79 Å². The quantitative estimate of drug-likeness (QED) is 0.487. The van der Waals surface area contributed by atoms with Crippen molar-refractivity contribution in [3.05, 3.63) is 64.7 Å². The predicted molar refractivity (Wildman–Crippen MR) is 83.2 cm³/mol. The van der Waals surface area contributed by atoms with Crippen LogP contribution in [-0.4, -0.2) is 31.1 Å². The fourth-order valence-corrected chi connectivity index (χ4v) is 1.90. The highest BCUT2D eigenvalue weighted by molar-refractivity contribution is 6.31. The van der Waals surface area contributed by atoms with Crippen molar-refractivity contribution in [2.24, 2.45) is 4.99 Å². The Labute approximate surface area is 123 Å². The van der Waals surface area contributed by atoms with Crippen LogP contribution in [0.15, 0.2) is 53.5 Å². The largest absolute Gasteiger partial charge is 0.369 e. The summed E-state index contributed by atoms with van der Waals surface area (Å²) in [6.45, 7) is 0.